The highest BCUT2D eigenvalue weighted by Crippen LogP contribution is 2.35. The lowest BCUT2D eigenvalue weighted by Crippen LogP contribution is -2.27. The molecule has 2 aliphatic heterocycles. The minimum atomic E-state index is -1.04. The molecule has 0 bridgehead atoms. The summed E-state index contributed by atoms with van der Waals surface area (Å²) < 4.78 is 19.1. The third-order valence-electron chi connectivity index (χ3n) is 25.6. The number of aryl methyl sites for hydroxylation is 5. The van der Waals surface area contributed by atoms with Crippen LogP contribution in [0.5, 0.6) is 0 Å². The second-order valence-corrected chi connectivity index (χ2v) is 38.2. The topological polar surface area (TPSA) is 464 Å². The number of aromatic amines is 5. The second-order valence-electron chi connectivity index (χ2n) is 36.0. The van der Waals surface area contributed by atoms with Crippen molar-refractivity contribution in [3.63, 3.8) is 0 Å². The van der Waals surface area contributed by atoms with Gasteiger partial charge in [-0.2, -0.15) is 25.5 Å². The number of hydrogen-bond donors (Lipinski definition) is 11. The lowest BCUT2D eigenvalue weighted by molar-refractivity contribution is -0.137. The number of anilines is 2. The van der Waals surface area contributed by atoms with Crippen LogP contribution in [0.2, 0.25) is 25.1 Å². The smallest absolute Gasteiger partial charge is 0.309 e. The highest BCUT2D eigenvalue weighted by molar-refractivity contribution is 6.33. The van der Waals surface area contributed by atoms with E-state index >= 15 is 0 Å². The third-order valence-corrected chi connectivity index (χ3v) is 26.8. The van der Waals surface area contributed by atoms with Gasteiger partial charge in [-0.25, -0.2) is 0 Å². The number of aromatic nitrogens is 15. The van der Waals surface area contributed by atoms with E-state index in [1.807, 2.05) is 85.9 Å². The molecular formula is C103H115Cl5N22O14. The molecule has 19 rings (SSSR count). The summed E-state index contributed by atoms with van der Waals surface area (Å²) in [5, 5.41) is 79.0. The van der Waals surface area contributed by atoms with Gasteiger partial charge in [0.1, 0.15) is 27.6 Å². The van der Waals surface area contributed by atoms with Gasteiger partial charge in [0.2, 0.25) is 0 Å². The number of amides is 2. The van der Waals surface area contributed by atoms with Gasteiger partial charge in [0.15, 0.2) is 0 Å². The van der Waals surface area contributed by atoms with E-state index in [2.05, 4.69) is 93.4 Å². The number of carboxylic acids is 2. The zero-order valence-corrected chi connectivity index (χ0v) is 84.5. The Morgan fingerprint density at radius 1 is 0.382 bits per heavy atom. The Morgan fingerprint density at radius 2 is 0.660 bits per heavy atom. The van der Waals surface area contributed by atoms with Gasteiger partial charge >= 0.3 is 11.9 Å². The maximum absolute atomic E-state index is 13.7. The minimum Gasteiger partial charge on any atom is -0.481 e. The molecule has 41 heteroatoms. The molecule has 12 N–H and O–H groups in total. The summed E-state index contributed by atoms with van der Waals surface area (Å²) in [5.41, 5.74) is 17.9. The number of hydrogen-bond acceptors (Lipinski definition) is 22. The van der Waals surface area contributed by atoms with Crippen molar-refractivity contribution in [2.24, 2.45) is 5.73 Å². The van der Waals surface area contributed by atoms with Gasteiger partial charge in [-0.1, -0.05) is 58.0 Å². The Labute approximate surface area is 850 Å². The number of methoxy groups -OCH3 is 2. The summed E-state index contributed by atoms with van der Waals surface area (Å²) in [7, 11) is 11.3. The van der Waals surface area contributed by atoms with Crippen molar-refractivity contribution in [1.29, 1.82) is 0 Å². The van der Waals surface area contributed by atoms with Crippen molar-refractivity contribution in [3.8, 4) is 0 Å². The maximum atomic E-state index is 13.7. The van der Waals surface area contributed by atoms with Crippen LogP contribution in [0.25, 0.3) is 109 Å². The highest BCUT2D eigenvalue weighted by atomic mass is 35.5. The molecule has 2 amide bonds. The van der Waals surface area contributed by atoms with E-state index in [1.165, 1.54) is 12.8 Å². The molecule has 0 atom stereocenters. The Bertz CT molecular complexity index is 7890. The molecule has 0 radical (unpaired) electrons. The van der Waals surface area contributed by atoms with E-state index in [9.17, 15) is 48.3 Å². The predicted octanol–water partition coefficient (Wildman–Crippen LogP) is 13.9. The molecular weight excluding hydrogens is 1950 g/mol. The minimum absolute atomic E-state index is 0.0107. The number of pyridine rings is 5. The van der Waals surface area contributed by atoms with E-state index in [4.69, 9.17) is 83.4 Å². The Hall–Kier alpha value is -13.4. The van der Waals surface area contributed by atoms with Crippen molar-refractivity contribution < 1.29 is 44.0 Å². The van der Waals surface area contributed by atoms with Crippen LogP contribution < -0.4 is 54.0 Å². The first-order valence-corrected chi connectivity index (χ1v) is 49.7. The number of carboxylic acid groups (broad SMARTS) is 2. The van der Waals surface area contributed by atoms with Gasteiger partial charge in [0.05, 0.1) is 109 Å². The third kappa shape index (κ3) is 24.0. The number of H-pyrrole nitrogens is 5. The number of halogens is 5. The molecule has 36 nitrogen and oxygen atoms in total. The summed E-state index contributed by atoms with van der Waals surface area (Å²) in [5.74, 6) is -2.43. The van der Waals surface area contributed by atoms with Gasteiger partial charge in [-0.3, -0.25) is 68.6 Å². The summed E-state index contributed by atoms with van der Waals surface area (Å²) in [4.78, 5) is 122. The molecule has 756 valence electrons. The number of rotatable bonds is 35. The summed E-state index contributed by atoms with van der Waals surface area (Å²) >= 11 is 30.2. The first-order chi connectivity index (χ1) is 69.6. The second kappa shape index (κ2) is 48.3. The lowest BCUT2D eigenvalue weighted by Gasteiger charge is -2.19. The van der Waals surface area contributed by atoms with Gasteiger partial charge in [0, 0.05) is 187 Å². The molecule has 0 spiro atoms. The normalized spacial score (nSPS) is 12.7. The Balaban J connectivity index is 0.000000137. The summed E-state index contributed by atoms with van der Waals surface area (Å²) in [6.07, 6.45) is 9.13. The van der Waals surface area contributed by atoms with E-state index in [0.29, 0.717) is 212 Å². The van der Waals surface area contributed by atoms with Gasteiger partial charge in [0.25, 0.3) is 39.6 Å². The first-order valence-electron chi connectivity index (χ1n) is 47.8. The van der Waals surface area contributed by atoms with Crippen LogP contribution in [0.4, 0.5) is 11.4 Å². The molecule has 10 aromatic heterocycles. The molecule has 0 aliphatic carbocycles. The number of aliphatic carboxylic acids is 2. The number of ether oxygens (including phenoxy) is 2. The van der Waals surface area contributed by atoms with Crippen LogP contribution in [0.3, 0.4) is 0 Å². The Kier molecular flexibility index (Phi) is 35.2. The van der Waals surface area contributed by atoms with Crippen molar-refractivity contribution >= 4 is 202 Å². The van der Waals surface area contributed by atoms with E-state index in [0.717, 1.165) is 142 Å². The Morgan fingerprint density at radius 3 is 0.958 bits per heavy atom. The molecule has 2 fully saturated rings. The number of nitrogens with zero attached hydrogens (tertiary/aromatic N) is 14. The summed E-state index contributed by atoms with van der Waals surface area (Å²) in [6.45, 7) is 10.7. The molecule has 12 heterocycles. The number of carbonyl (C=O) groups excluding carboxylic acids is 2. The lowest BCUT2D eigenvalue weighted by atomic mass is 10.1. The van der Waals surface area contributed by atoms with Crippen molar-refractivity contribution in [3.05, 3.63) is 256 Å². The van der Waals surface area contributed by atoms with E-state index < -0.39 is 11.9 Å². The van der Waals surface area contributed by atoms with Crippen LogP contribution in [-0.4, -0.2) is 244 Å². The van der Waals surface area contributed by atoms with Crippen molar-refractivity contribution in [1.82, 2.24) is 94.3 Å². The van der Waals surface area contributed by atoms with Crippen molar-refractivity contribution in [2.45, 2.75) is 123 Å². The maximum Gasteiger partial charge on any atom is 0.309 e. The average molecular weight is 2060 g/mol. The molecule has 2 aliphatic rings. The SMILES string of the molecule is CN(C)CCCn1c(=O)c2c(CC(=O)O)[nH]nc2c2cc(Cl)ccc21.COCCc1[nH]nc2c1c(=O)n(CCCN(C)C)c1ccc(Cl)cc21.COCCc1[nH]nc2c1c(=O)n(CCCNC(=O)c1ccc(Cl)cc1)c1ccc(N3CCCC3)cc21.NCCCn1c(=O)c2c(CCO)[nH]nc2c2cc(Cl)ccc21.O=C(O)Cc1[nH]nc2c1c(=O)n(CCCNC(=O)c1ccc(Cl)cc1)c1ccc(N3CCCC3)cc21. The van der Waals surface area contributed by atoms with Crippen LogP contribution in [-0.2, 0) is 83.9 Å². The van der Waals surface area contributed by atoms with E-state index in [1.54, 1.807) is 107 Å². The number of benzene rings is 7. The largest absolute Gasteiger partial charge is 0.481 e. The van der Waals surface area contributed by atoms with E-state index in [-0.39, 0.29) is 59.1 Å². The molecule has 17 aromatic rings. The van der Waals surface area contributed by atoms with Crippen LogP contribution in [0.1, 0.15) is 107 Å². The van der Waals surface area contributed by atoms with Gasteiger partial charge in [-0.05, 0) is 245 Å². The highest BCUT2D eigenvalue weighted by Gasteiger charge is 2.27. The number of fused-ring (bicyclic) bond motifs is 15. The first kappa shape index (κ1) is 105. The van der Waals surface area contributed by atoms with Crippen LogP contribution in [0.15, 0.2) is 163 Å². The number of nitrogens with two attached hydrogens (primary N) is 1. The van der Waals surface area contributed by atoms with Crippen molar-refractivity contribution in [2.75, 3.05) is 131 Å². The van der Waals surface area contributed by atoms with Crippen LogP contribution in [0, 0.1) is 0 Å². The zero-order chi connectivity index (χ0) is 102. The number of aliphatic hydroxyl groups is 1. The monoisotopic (exact) mass is 2060 g/mol. The fourth-order valence-electron chi connectivity index (χ4n) is 18.6. The zero-order valence-electron chi connectivity index (χ0n) is 80.8. The number of carbonyl (C=O) groups is 4. The summed E-state index contributed by atoms with van der Waals surface area (Å²) in [6, 6.07) is 42.0. The number of nitrogens with one attached hydrogen (secondary N) is 7. The quantitative estimate of drug-likeness (QED) is 0.0164. The fourth-order valence-corrected chi connectivity index (χ4v) is 19.4. The predicted molar refractivity (Wildman–Crippen MR) is 569 cm³/mol. The molecule has 2 saturated heterocycles. The average Bonchev–Trinajstić information content (AvgIpc) is 1.54. The van der Waals surface area contributed by atoms with Gasteiger partial charge in [-0.15, -0.1) is 0 Å². The molecule has 7 aromatic carbocycles. The van der Waals surface area contributed by atoms with Gasteiger partial charge < -0.3 is 83.6 Å². The molecule has 0 unspecified atom stereocenters. The molecule has 144 heavy (non-hydrogen) atoms. The standard InChI is InChI=1S/C27H30ClN5O3.C26H26ClN5O4.C18H23ClN4O2.C17H19ClN4O3.C15H17ClN4O2/c1-36-16-11-22-24-25(31-30-22)21-17-20(32-13-2-3-14-32)9-10-23(21)33(27(24)35)15-4-12-29-26(34)18-5-7-19(28)8-6-18;27-17-6-4-16(5-7-17)25(35)28-10-3-13-32-21-9-8-18(31-11-1-2-12-31)14-19(21)24-23(26(32)36)20(29-30-24)15-22(33)34;1-22(2)8-4-9-23-15-6-5-12(19)11-13(15)17-16(18(23)24)14(20-21-17)7-10-25-3;1-21(2)6-3-7-22-13-5-4-10(18)8-11(13)16-15(17(22)25)12(19-20-16)9-14(23)24;16-9-2-3-12-10(8-9)14-13(11(4-7-21)18-19-14)15(22)20(12)6-1-5-17/h5-10,17H,2-4,11-16H2,1H3,(H,29,34)(H,30,31);4-9,14H,1-3,10-13,15H2,(H,28,35)(H,29,30)(H,33,34);5-6,11H,4,7-10H2,1-3H3,(H,20,21);4-5,8H,3,6-7,9H2,1-2H3,(H,19,20)(H,23,24);2-3,8,21H,1,4-7,17H2,(H,18,19). The number of aliphatic hydroxyl groups excluding tert-OH is 1. The van der Waals surface area contributed by atoms with Crippen LogP contribution >= 0.6 is 58.0 Å². The molecule has 0 saturated carbocycles. The fraction of sp³-hybridized carbons (Fsp3) is 0.359.